The molecule has 90 valence electrons. The fourth-order valence-electron chi connectivity index (χ4n) is 1.56. The van der Waals surface area contributed by atoms with Gasteiger partial charge in [0.25, 0.3) is 0 Å². The van der Waals surface area contributed by atoms with Gasteiger partial charge in [0.15, 0.2) is 0 Å². The van der Waals surface area contributed by atoms with Crippen molar-refractivity contribution in [2.45, 2.75) is 32.9 Å². The van der Waals surface area contributed by atoms with Crippen molar-refractivity contribution >= 4 is 5.91 Å². The number of hydrogen-bond acceptors (Lipinski definition) is 2. The predicted octanol–water partition coefficient (Wildman–Crippen LogP) is 0.992. The number of amides is 1. The average Bonchev–Trinajstić information content (AvgIpc) is 2.70. The number of aromatic nitrogens is 1. The van der Waals surface area contributed by atoms with E-state index in [-0.39, 0.29) is 5.91 Å². The minimum atomic E-state index is -0.495. The van der Waals surface area contributed by atoms with Gasteiger partial charge in [-0.05, 0) is 32.5 Å². The monoisotopic (exact) mass is 223 g/mol. The Labute approximate surface area is 97.0 Å². The lowest BCUT2D eigenvalue weighted by atomic mass is 10.0. The first-order chi connectivity index (χ1) is 7.56. The van der Waals surface area contributed by atoms with E-state index in [2.05, 4.69) is 10.6 Å². The van der Waals surface area contributed by atoms with E-state index < -0.39 is 5.54 Å². The van der Waals surface area contributed by atoms with E-state index in [1.54, 1.807) is 0 Å². The van der Waals surface area contributed by atoms with Crippen LogP contribution in [0.1, 0.15) is 20.8 Å². The van der Waals surface area contributed by atoms with Crippen molar-refractivity contribution in [3.8, 4) is 0 Å². The third-order valence-corrected chi connectivity index (χ3v) is 2.51. The van der Waals surface area contributed by atoms with Crippen molar-refractivity contribution in [1.29, 1.82) is 0 Å². The highest BCUT2D eigenvalue weighted by molar-refractivity contribution is 5.85. The summed E-state index contributed by atoms with van der Waals surface area (Å²) in [5.74, 6) is 0.0431. The molecule has 0 atom stereocenters. The summed E-state index contributed by atoms with van der Waals surface area (Å²) in [5.41, 5.74) is -0.495. The summed E-state index contributed by atoms with van der Waals surface area (Å²) < 4.78 is 2.04. The lowest BCUT2D eigenvalue weighted by Gasteiger charge is -2.24. The lowest BCUT2D eigenvalue weighted by molar-refractivity contribution is -0.126. The summed E-state index contributed by atoms with van der Waals surface area (Å²) in [6.07, 6.45) is 3.98. The predicted molar refractivity (Wildman–Crippen MR) is 65.2 cm³/mol. The second kappa shape index (κ2) is 5.70. The van der Waals surface area contributed by atoms with Crippen molar-refractivity contribution in [1.82, 2.24) is 15.2 Å². The fourth-order valence-corrected chi connectivity index (χ4v) is 1.56. The van der Waals surface area contributed by atoms with Crippen LogP contribution in [-0.4, -0.2) is 29.1 Å². The van der Waals surface area contributed by atoms with E-state index >= 15 is 0 Å². The number of nitrogens with one attached hydrogen (secondary N) is 2. The molecule has 0 bridgehead atoms. The molecule has 0 aliphatic rings. The quantitative estimate of drug-likeness (QED) is 0.755. The Morgan fingerprint density at radius 2 is 1.94 bits per heavy atom. The van der Waals surface area contributed by atoms with Gasteiger partial charge in [0.05, 0.1) is 5.54 Å². The molecule has 0 radical (unpaired) electrons. The van der Waals surface area contributed by atoms with Crippen molar-refractivity contribution in [2.24, 2.45) is 0 Å². The molecule has 4 heteroatoms. The van der Waals surface area contributed by atoms with E-state index in [9.17, 15) is 4.79 Å². The SMILES string of the molecule is CCNC(C)(C)C(=O)NCCn1cccc1. The van der Waals surface area contributed by atoms with Crippen molar-refractivity contribution in [2.75, 3.05) is 13.1 Å². The Bertz CT molecular complexity index is 317. The van der Waals surface area contributed by atoms with E-state index in [1.165, 1.54) is 0 Å². The molecule has 1 heterocycles. The molecule has 1 aromatic heterocycles. The van der Waals surface area contributed by atoms with Gasteiger partial charge in [-0.25, -0.2) is 0 Å². The van der Waals surface area contributed by atoms with Crippen LogP contribution in [0.4, 0.5) is 0 Å². The number of rotatable bonds is 6. The molecule has 0 spiro atoms. The molecule has 1 amide bonds. The molecular formula is C12H21N3O. The van der Waals surface area contributed by atoms with Gasteiger partial charge in [-0.2, -0.15) is 0 Å². The van der Waals surface area contributed by atoms with Gasteiger partial charge in [-0.15, -0.1) is 0 Å². The zero-order valence-electron chi connectivity index (χ0n) is 10.3. The van der Waals surface area contributed by atoms with Crippen molar-refractivity contribution in [3.05, 3.63) is 24.5 Å². The van der Waals surface area contributed by atoms with Crippen LogP contribution >= 0.6 is 0 Å². The maximum absolute atomic E-state index is 11.8. The number of likely N-dealkylation sites (N-methyl/N-ethyl adjacent to an activating group) is 1. The largest absolute Gasteiger partial charge is 0.353 e. The molecule has 4 nitrogen and oxygen atoms in total. The molecule has 0 saturated carbocycles. The van der Waals surface area contributed by atoms with Gasteiger partial charge in [0.2, 0.25) is 5.91 Å². The first-order valence-corrected chi connectivity index (χ1v) is 5.70. The van der Waals surface area contributed by atoms with Crippen molar-refractivity contribution < 1.29 is 4.79 Å². The van der Waals surface area contributed by atoms with Crippen LogP contribution in [0.25, 0.3) is 0 Å². The van der Waals surface area contributed by atoms with E-state index in [4.69, 9.17) is 0 Å². The van der Waals surface area contributed by atoms with E-state index in [1.807, 2.05) is 49.9 Å². The Kier molecular flexibility index (Phi) is 4.55. The average molecular weight is 223 g/mol. The molecular weight excluding hydrogens is 202 g/mol. The Morgan fingerprint density at radius 1 is 1.31 bits per heavy atom. The van der Waals surface area contributed by atoms with Crippen LogP contribution in [-0.2, 0) is 11.3 Å². The minimum absolute atomic E-state index is 0.0431. The van der Waals surface area contributed by atoms with Crippen LogP contribution in [0.15, 0.2) is 24.5 Å². The third kappa shape index (κ3) is 3.70. The summed E-state index contributed by atoms with van der Waals surface area (Å²) in [5, 5.41) is 6.07. The maximum Gasteiger partial charge on any atom is 0.239 e. The summed E-state index contributed by atoms with van der Waals surface area (Å²) in [7, 11) is 0. The molecule has 16 heavy (non-hydrogen) atoms. The molecule has 0 aliphatic heterocycles. The highest BCUT2D eigenvalue weighted by Crippen LogP contribution is 2.01. The molecule has 1 aromatic rings. The maximum atomic E-state index is 11.8. The molecule has 0 unspecified atom stereocenters. The molecule has 0 saturated heterocycles. The zero-order chi connectivity index (χ0) is 12.0. The number of hydrogen-bond donors (Lipinski definition) is 2. The second-order valence-corrected chi connectivity index (χ2v) is 4.33. The first-order valence-electron chi connectivity index (χ1n) is 5.70. The smallest absolute Gasteiger partial charge is 0.239 e. The van der Waals surface area contributed by atoms with Crippen LogP contribution in [0, 0.1) is 0 Å². The number of carbonyl (C=O) groups excluding carboxylic acids is 1. The van der Waals surface area contributed by atoms with Crippen molar-refractivity contribution in [3.63, 3.8) is 0 Å². The van der Waals surface area contributed by atoms with Gasteiger partial charge in [-0.3, -0.25) is 4.79 Å². The summed E-state index contributed by atoms with van der Waals surface area (Å²) in [6.45, 7) is 8.03. The normalized spacial score (nSPS) is 11.4. The van der Waals surface area contributed by atoms with E-state index in [0.717, 1.165) is 13.1 Å². The summed E-state index contributed by atoms with van der Waals surface area (Å²) >= 11 is 0. The van der Waals surface area contributed by atoms with Crippen LogP contribution in [0.2, 0.25) is 0 Å². The second-order valence-electron chi connectivity index (χ2n) is 4.33. The number of nitrogens with zero attached hydrogens (tertiary/aromatic N) is 1. The van der Waals surface area contributed by atoms with E-state index in [0.29, 0.717) is 6.54 Å². The van der Waals surface area contributed by atoms with Gasteiger partial charge in [0, 0.05) is 25.5 Å². The van der Waals surface area contributed by atoms with Gasteiger partial charge >= 0.3 is 0 Å². The van der Waals surface area contributed by atoms with Crippen LogP contribution in [0.5, 0.6) is 0 Å². The van der Waals surface area contributed by atoms with Gasteiger partial charge in [0.1, 0.15) is 0 Å². The Morgan fingerprint density at radius 3 is 2.50 bits per heavy atom. The zero-order valence-corrected chi connectivity index (χ0v) is 10.3. The molecule has 1 rings (SSSR count). The lowest BCUT2D eigenvalue weighted by Crippen LogP contribution is -2.52. The Hall–Kier alpha value is -1.29. The standard InChI is InChI=1S/C12H21N3O/c1-4-14-12(2,3)11(16)13-7-10-15-8-5-6-9-15/h5-6,8-9,14H,4,7,10H2,1-3H3,(H,13,16). The minimum Gasteiger partial charge on any atom is -0.353 e. The fraction of sp³-hybridized carbons (Fsp3) is 0.583. The highest BCUT2D eigenvalue weighted by Gasteiger charge is 2.25. The first kappa shape index (κ1) is 12.8. The molecule has 2 N–H and O–H groups in total. The Balaban J connectivity index is 2.30. The topological polar surface area (TPSA) is 46.1 Å². The highest BCUT2D eigenvalue weighted by atomic mass is 16.2. The summed E-state index contributed by atoms with van der Waals surface area (Å²) in [4.78, 5) is 11.8. The number of carbonyl (C=O) groups is 1. The van der Waals surface area contributed by atoms with Crippen LogP contribution < -0.4 is 10.6 Å². The third-order valence-electron chi connectivity index (χ3n) is 2.51. The van der Waals surface area contributed by atoms with Gasteiger partial charge in [-0.1, -0.05) is 6.92 Å². The van der Waals surface area contributed by atoms with Gasteiger partial charge < -0.3 is 15.2 Å². The summed E-state index contributed by atoms with van der Waals surface area (Å²) in [6, 6.07) is 3.95. The molecule has 0 fully saturated rings. The molecule has 0 aromatic carbocycles. The van der Waals surface area contributed by atoms with Crippen LogP contribution in [0.3, 0.4) is 0 Å². The molecule has 0 aliphatic carbocycles.